The van der Waals surface area contributed by atoms with Crippen LogP contribution in [-0.4, -0.2) is 22.1 Å². The quantitative estimate of drug-likeness (QED) is 0.850. The molecule has 4 heteroatoms. The summed E-state index contributed by atoms with van der Waals surface area (Å²) in [6.45, 7) is 3.58. The molecule has 17 heavy (non-hydrogen) atoms. The van der Waals surface area contributed by atoms with Crippen molar-refractivity contribution < 1.29 is 9.90 Å². The molecule has 88 valence electrons. The van der Waals surface area contributed by atoms with E-state index >= 15 is 0 Å². The molecule has 1 atom stereocenters. The predicted octanol–water partition coefficient (Wildman–Crippen LogP) is 2.43. The van der Waals surface area contributed by atoms with Gasteiger partial charge in [-0.15, -0.1) is 0 Å². The van der Waals surface area contributed by atoms with Crippen molar-refractivity contribution >= 4 is 22.7 Å². The first kappa shape index (κ1) is 11.4. The van der Waals surface area contributed by atoms with Crippen molar-refractivity contribution in [2.45, 2.75) is 19.9 Å². The van der Waals surface area contributed by atoms with Gasteiger partial charge in [-0.3, -0.25) is 4.79 Å². The largest absolute Gasteiger partial charge is 0.480 e. The summed E-state index contributed by atoms with van der Waals surface area (Å²) in [6, 6.07) is 9.01. The van der Waals surface area contributed by atoms with E-state index in [1.54, 1.807) is 6.92 Å². The molecule has 0 aliphatic heterocycles. The number of carboxylic acid groups (broad SMARTS) is 1. The fraction of sp³-hybridized carbons (Fsp3) is 0.231. The van der Waals surface area contributed by atoms with Gasteiger partial charge in [-0.25, -0.2) is 4.98 Å². The molecule has 1 heterocycles. The van der Waals surface area contributed by atoms with Crippen molar-refractivity contribution in [2.24, 2.45) is 0 Å². The van der Waals surface area contributed by atoms with Gasteiger partial charge in [-0.2, -0.15) is 0 Å². The highest BCUT2D eigenvalue weighted by molar-refractivity contribution is 5.84. The van der Waals surface area contributed by atoms with Crippen LogP contribution in [0.5, 0.6) is 0 Å². The summed E-state index contributed by atoms with van der Waals surface area (Å²) in [6.07, 6.45) is 0. The number of hydrogen-bond acceptors (Lipinski definition) is 3. The number of nitrogens with zero attached hydrogens (tertiary/aromatic N) is 1. The number of aromatic nitrogens is 1. The second-order valence-corrected chi connectivity index (χ2v) is 4.05. The van der Waals surface area contributed by atoms with E-state index in [-0.39, 0.29) is 0 Å². The van der Waals surface area contributed by atoms with Gasteiger partial charge in [-0.05, 0) is 31.5 Å². The van der Waals surface area contributed by atoms with Crippen molar-refractivity contribution in [3.63, 3.8) is 0 Å². The average Bonchev–Trinajstić information content (AvgIpc) is 2.29. The molecule has 0 aliphatic rings. The lowest BCUT2D eigenvalue weighted by Crippen LogP contribution is -2.25. The van der Waals surface area contributed by atoms with Crippen LogP contribution in [0, 0.1) is 6.92 Å². The minimum Gasteiger partial charge on any atom is -0.480 e. The number of carboxylic acids is 1. The Morgan fingerprint density at radius 3 is 2.82 bits per heavy atom. The first-order chi connectivity index (χ1) is 8.08. The summed E-state index contributed by atoms with van der Waals surface area (Å²) in [5.74, 6) is -0.297. The van der Waals surface area contributed by atoms with Gasteiger partial charge in [0.05, 0.1) is 5.52 Å². The van der Waals surface area contributed by atoms with E-state index in [2.05, 4.69) is 10.3 Å². The zero-order valence-corrected chi connectivity index (χ0v) is 9.77. The van der Waals surface area contributed by atoms with Gasteiger partial charge in [0.1, 0.15) is 11.9 Å². The lowest BCUT2D eigenvalue weighted by atomic mass is 10.1. The number of rotatable bonds is 3. The van der Waals surface area contributed by atoms with Crippen molar-refractivity contribution in [1.82, 2.24) is 4.98 Å². The summed E-state index contributed by atoms with van der Waals surface area (Å²) >= 11 is 0. The van der Waals surface area contributed by atoms with Gasteiger partial charge < -0.3 is 10.4 Å². The minimum absolute atomic E-state index is 0.594. The van der Waals surface area contributed by atoms with Crippen LogP contribution in [0.2, 0.25) is 0 Å². The molecule has 0 saturated heterocycles. The lowest BCUT2D eigenvalue weighted by molar-refractivity contribution is -0.137. The van der Waals surface area contributed by atoms with Gasteiger partial charge in [0.2, 0.25) is 0 Å². The number of anilines is 1. The molecular weight excluding hydrogens is 216 g/mol. The molecule has 2 aromatic rings. The predicted molar refractivity (Wildman–Crippen MR) is 67.2 cm³/mol. The SMILES string of the molecule is Cc1cc(NC(C)C(=O)O)nc2ccccc12. The maximum absolute atomic E-state index is 10.8. The molecular formula is C13H14N2O2. The number of pyridine rings is 1. The normalized spacial score (nSPS) is 12.4. The molecule has 0 saturated carbocycles. The van der Waals surface area contributed by atoms with Crippen LogP contribution in [0.3, 0.4) is 0 Å². The summed E-state index contributed by atoms with van der Waals surface area (Å²) in [5.41, 5.74) is 1.95. The fourth-order valence-corrected chi connectivity index (χ4v) is 1.71. The summed E-state index contributed by atoms with van der Waals surface area (Å²) < 4.78 is 0. The van der Waals surface area contributed by atoms with Gasteiger partial charge >= 0.3 is 5.97 Å². The molecule has 0 radical (unpaired) electrons. The average molecular weight is 230 g/mol. The molecule has 4 nitrogen and oxygen atoms in total. The number of para-hydroxylation sites is 1. The highest BCUT2D eigenvalue weighted by Gasteiger charge is 2.11. The summed E-state index contributed by atoms with van der Waals surface area (Å²) in [7, 11) is 0. The maximum Gasteiger partial charge on any atom is 0.325 e. The minimum atomic E-state index is -0.891. The first-order valence-electron chi connectivity index (χ1n) is 5.43. The molecule has 0 bridgehead atoms. The molecule has 0 spiro atoms. The van der Waals surface area contributed by atoms with E-state index in [0.29, 0.717) is 5.82 Å². The van der Waals surface area contributed by atoms with Crippen LogP contribution in [0.25, 0.3) is 10.9 Å². The molecule has 2 rings (SSSR count). The highest BCUT2D eigenvalue weighted by Crippen LogP contribution is 2.20. The second-order valence-electron chi connectivity index (χ2n) is 4.05. The van der Waals surface area contributed by atoms with Crippen molar-refractivity contribution in [1.29, 1.82) is 0 Å². The van der Waals surface area contributed by atoms with Crippen molar-refractivity contribution in [3.05, 3.63) is 35.9 Å². The molecule has 1 aromatic heterocycles. The lowest BCUT2D eigenvalue weighted by Gasteiger charge is -2.11. The monoisotopic (exact) mass is 230 g/mol. The van der Waals surface area contributed by atoms with E-state index in [1.165, 1.54) is 0 Å². The van der Waals surface area contributed by atoms with Crippen LogP contribution in [0.4, 0.5) is 5.82 Å². The van der Waals surface area contributed by atoms with Gasteiger partial charge in [0.15, 0.2) is 0 Å². The molecule has 0 amide bonds. The Morgan fingerprint density at radius 1 is 1.41 bits per heavy atom. The van der Waals surface area contributed by atoms with Gasteiger partial charge in [-0.1, -0.05) is 18.2 Å². The number of aryl methyl sites for hydroxylation is 1. The Labute approximate surface area is 99.3 Å². The van der Waals surface area contributed by atoms with Crippen LogP contribution in [-0.2, 0) is 4.79 Å². The zero-order valence-electron chi connectivity index (χ0n) is 9.77. The number of benzene rings is 1. The third kappa shape index (κ3) is 2.36. The van der Waals surface area contributed by atoms with Crippen molar-refractivity contribution in [3.8, 4) is 0 Å². The maximum atomic E-state index is 10.8. The molecule has 0 fully saturated rings. The third-order valence-electron chi connectivity index (χ3n) is 2.66. The molecule has 1 unspecified atom stereocenters. The third-order valence-corrected chi connectivity index (χ3v) is 2.66. The highest BCUT2D eigenvalue weighted by atomic mass is 16.4. The zero-order chi connectivity index (χ0) is 12.4. The number of carbonyl (C=O) groups is 1. The Kier molecular flexibility index (Phi) is 2.95. The Balaban J connectivity index is 2.40. The summed E-state index contributed by atoms with van der Waals surface area (Å²) in [5, 5.41) is 12.8. The smallest absolute Gasteiger partial charge is 0.325 e. The van der Waals surface area contributed by atoms with Crippen molar-refractivity contribution in [2.75, 3.05) is 5.32 Å². The van der Waals surface area contributed by atoms with Crippen LogP contribution < -0.4 is 5.32 Å². The standard InChI is InChI=1S/C13H14N2O2/c1-8-7-12(14-9(2)13(16)17)15-11-6-4-3-5-10(8)11/h3-7,9H,1-2H3,(H,14,15)(H,16,17). The summed E-state index contributed by atoms with van der Waals surface area (Å²) in [4.78, 5) is 15.1. The Morgan fingerprint density at radius 2 is 2.12 bits per heavy atom. The number of aliphatic carboxylic acids is 1. The first-order valence-corrected chi connectivity index (χ1v) is 5.43. The fourth-order valence-electron chi connectivity index (χ4n) is 1.71. The van der Waals surface area contributed by atoms with Gasteiger partial charge in [0.25, 0.3) is 0 Å². The topological polar surface area (TPSA) is 62.2 Å². The van der Waals surface area contributed by atoms with E-state index < -0.39 is 12.0 Å². The number of nitrogens with one attached hydrogen (secondary N) is 1. The van der Waals surface area contributed by atoms with Gasteiger partial charge in [0, 0.05) is 5.39 Å². The molecule has 0 aliphatic carbocycles. The Hall–Kier alpha value is -2.10. The van der Waals surface area contributed by atoms with E-state index in [4.69, 9.17) is 5.11 Å². The van der Waals surface area contributed by atoms with E-state index in [1.807, 2.05) is 37.3 Å². The van der Waals surface area contributed by atoms with Crippen LogP contribution in [0.15, 0.2) is 30.3 Å². The Bertz CT molecular complexity index is 566. The van der Waals surface area contributed by atoms with E-state index in [0.717, 1.165) is 16.5 Å². The van der Waals surface area contributed by atoms with Crippen LogP contribution in [0.1, 0.15) is 12.5 Å². The second kappa shape index (κ2) is 4.41. The number of fused-ring (bicyclic) bond motifs is 1. The molecule has 2 N–H and O–H groups in total. The van der Waals surface area contributed by atoms with Crippen LogP contribution >= 0.6 is 0 Å². The number of hydrogen-bond donors (Lipinski definition) is 2. The molecule has 1 aromatic carbocycles. The van der Waals surface area contributed by atoms with E-state index in [9.17, 15) is 4.79 Å².